The Morgan fingerprint density at radius 2 is 1.16 bits per heavy atom. The Labute approximate surface area is 190 Å². The first-order valence-electron chi connectivity index (χ1n) is 11.9. The number of hydrogen-bond donors (Lipinski definition) is 0. The number of ether oxygens (including phenoxy) is 2. The third kappa shape index (κ3) is 5.29. The zero-order chi connectivity index (χ0) is 22.9. The van der Waals surface area contributed by atoms with Crippen LogP contribution in [0.25, 0.3) is 21.5 Å². The van der Waals surface area contributed by atoms with E-state index in [4.69, 9.17) is 9.47 Å². The minimum atomic E-state index is -0.339. The van der Waals surface area contributed by atoms with E-state index in [-0.39, 0.29) is 11.9 Å². The Morgan fingerprint density at radius 1 is 0.656 bits per heavy atom. The number of unbranched alkanes of at least 4 members (excludes halogenated alkanes) is 4. The first-order chi connectivity index (χ1) is 15.6. The summed E-state index contributed by atoms with van der Waals surface area (Å²) in [4.78, 5) is 26.4. The highest BCUT2D eigenvalue weighted by atomic mass is 16.5. The van der Waals surface area contributed by atoms with Gasteiger partial charge in [-0.15, -0.1) is 0 Å². The van der Waals surface area contributed by atoms with E-state index < -0.39 is 0 Å². The number of hydrogen-bond acceptors (Lipinski definition) is 4. The fourth-order valence-corrected chi connectivity index (χ4v) is 4.06. The molecular weight excluding hydrogens is 400 g/mol. The summed E-state index contributed by atoms with van der Waals surface area (Å²) in [6, 6.07) is 13.5. The molecule has 3 rings (SSSR count). The molecule has 32 heavy (non-hydrogen) atoms. The van der Waals surface area contributed by atoms with E-state index in [0.717, 1.165) is 72.1 Å². The van der Waals surface area contributed by atoms with Gasteiger partial charge >= 0.3 is 11.9 Å². The van der Waals surface area contributed by atoms with Crippen LogP contribution in [0.1, 0.15) is 85.6 Å². The molecule has 0 unspecified atom stereocenters. The molecule has 0 saturated carbocycles. The molecular formula is C28H34O4. The molecule has 0 aliphatic carbocycles. The fraction of sp³-hybridized carbons (Fsp3) is 0.429. The molecule has 0 aromatic heterocycles. The molecule has 0 atom stereocenters. The summed E-state index contributed by atoms with van der Waals surface area (Å²) in [5.41, 5.74) is 2.16. The van der Waals surface area contributed by atoms with Gasteiger partial charge in [-0.25, -0.2) is 9.59 Å². The molecule has 0 bridgehead atoms. The molecule has 0 radical (unpaired) electrons. The van der Waals surface area contributed by atoms with Crippen LogP contribution in [-0.4, -0.2) is 25.2 Å². The minimum Gasteiger partial charge on any atom is -0.462 e. The maximum atomic E-state index is 13.2. The van der Waals surface area contributed by atoms with Gasteiger partial charge in [-0.05, 0) is 46.4 Å². The van der Waals surface area contributed by atoms with E-state index in [0.29, 0.717) is 24.3 Å². The summed E-state index contributed by atoms with van der Waals surface area (Å²) in [6.45, 7) is 7.12. The Morgan fingerprint density at radius 3 is 1.66 bits per heavy atom. The van der Waals surface area contributed by atoms with Crippen LogP contribution in [0.15, 0.2) is 42.5 Å². The summed E-state index contributed by atoms with van der Waals surface area (Å²) in [7, 11) is 0. The van der Waals surface area contributed by atoms with Gasteiger partial charge < -0.3 is 9.47 Å². The summed E-state index contributed by atoms with van der Waals surface area (Å²) < 4.78 is 11.3. The normalized spacial score (nSPS) is 11.1. The molecule has 0 spiro atoms. The highest BCUT2D eigenvalue weighted by Crippen LogP contribution is 2.35. The van der Waals surface area contributed by atoms with Crippen molar-refractivity contribution in [2.75, 3.05) is 13.2 Å². The van der Waals surface area contributed by atoms with Crippen molar-refractivity contribution in [3.63, 3.8) is 0 Å². The second kappa shape index (κ2) is 11.7. The fourth-order valence-electron chi connectivity index (χ4n) is 4.06. The molecule has 0 amide bonds. The summed E-state index contributed by atoms with van der Waals surface area (Å²) in [5, 5.41) is 2.95. The number of carbonyl (C=O) groups excluding carboxylic acids is 2. The first-order valence-corrected chi connectivity index (χ1v) is 11.9. The zero-order valence-electron chi connectivity index (χ0n) is 19.5. The van der Waals surface area contributed by atoms with Crippen molar-refractivity contribution in [3.8, 4) is 0 Å². The Bertz CT molecular complexity index is 1080. The van der Waals surface area contributed by atoms with Crippen LogP contribution in [-0.2, 0) is 15.9 Å². The van der Waals surface area contributed by atoms with Gasteiger partial charge in [-0.2, -0.15) is 0 Å². The molecule has 0 N–H and O–H groups in total. The standard InChI is InChI=1S/C28H34O4/c1-4-7-11-17-31-27(29)25-21-13-9-10-14-22(21)26(28(30)32-18-12-8-5-2)24-19-20(6-3)15-16-23(24)25/h9-10,13-16,19H,4-8,11-12,17-18H2,1-3H3. The van der Waals surface area contributed by atoms with Crippen molar-refractivity contribution in [2.45, 2.75) is 65.7 Å². The predicted octanol–water partition coefficient (Wildman–Crippen LogP) is 7.25. The van der Waals surface area contributed by atoms with Crippen LogP contribution < -0.4 is 0 Å². The number of benzene rings is 3. The average molecular weight is 435 g/mol. The number of aryl methyl sites for hydroxylation is 1. The van der Waals surface area contributed by atoms with Crippen LogP contribution in [0, 0.1) is 0 Å². The van der Waals surface area contributed by atoms with Gasteiger partial charge in [-0.1, -0.05) is 88.9 Å². The van der Waals surface area contributed by atoms with Crippen molar-refractivity contribution in [3.05, 3.63) is 59.2 Å². The number of fused-ring (bicyclic) bond motifs is 2. The highest BCUT2D eigenvalue weighted by Gasteiger charge is 2.24. The lowest BCUT2D eigenvalue weighted by Crippen LogP contribution is -2.12. The average Bonchev–Trinajstić information content (AvgIpc) is 2.82. The molecule has 0 aliphatic rings. The molecule has 4 heteroatoms. The van der Waals surface area contributed by atoms with Gasteiger partial charge in [0.25, 0.3) is 0 Å². The molecule has 170 valence electrons. The van der Waals surface area contributed by atoms with Gasteiger partial charge in [-0.3, -0.25) is 0 Å². The van der Waals surface area contributed by atoms with Gasteiger partial charge in [0, 0.05) is 0 Å². The lowest BCUT2D eigenvalue weighted by Gasteiger charge is -2.16. The second-order valence-corrected chi connectivity index (χ2v) is 8.22. The van der Waals surface area contributed by atoms with Crippen LogP contribution in [0.4, 0.5) is 0 Å². The van der Waals surface area contributed by atoms with E-state index in [9.17, 15) is 9.59 Å². The first kappa shape index (κ1) is 23.8. The van der Waals surface area contributed by atoms with Crippen LogP contribution in [0.5, 0.6) is 0 Å². The van der Waals surface area contributed by atoms with Crippen molar-refractivity contribution < 1.29 is 19.1 Å². The van der Waals surface area contributed by atoms with E-state index in [1.165, 1.54) is 0 Å². The van der Waals surface area contributed by atoms with E-state index in [1.807, 2.05) is 42.5 Å². The number of carbonyl (C=O) groups is 2. The maximum Gasteiger partial charge on any atom is 0.339 e. The third-order valence-electron chi connectivity index (χ3n) is 5.87. The van der Waals surface area contributed by atoms with Crippen LogP contribution >= 0.6 is 0 Å². The second-order valence-electron chi connectivity index (χ2n) is 8.22. The number of rotatable bonds is 11. The Hall–Kier alpha value is -2.88. The molecule has 3 aromatic rings. The van der Waals surface area contributed by atoms with Crippen LogP contribution in [0.3, 0.4) is 0 Å². The number of esters is 2. The molecule has 4 nitrogen and oxygen atoms in total. The van der Waals surface area contributed by atoms with Crippen molar-refractivity contribution in [2.24, 2.45) is 0 Å². The van der Waals surface area contributed by atoms with Gasteiger partial charge in [0.05, 0.1) is 24.3 Å². The lowest BCUT2D eigenvalue weighted by atomic mass is 9.90. The van der Waals surface area contributed by atoms with E-state index >= 15 is 0 Å². The van der Waals surface area contributed by atoms with Gasteiger partial charge in [0.1, 0.15) is 0 Å². The molecule has 0 saturated heterocycles. The van der Waals surface area contributed by atoms with E-state index in [2.05, 4.69) is 20.8 Å². The lowest BCUT2D eigenvalue weighted by molar-refractivity contribution is 0.0490. The SMILES string of the molecule is CCCCCOC(=O)c1c2ccccc2c(C(=O)OCCCCC)c2cc(CC)ccc12. The molecule has 0 heterocycles. The van der Waals surface area contributed by atoms with Gasteiger partial charge in [0.15, 0.2) is 0 Å². The minimum absolute atomic E-state index is 0.335. The summed E-state index contributed by atoms with van der Waals surface area (Å²) in [6.07, 6.45) is 6.72. The summed E-state index contributed by atoms with van der Waals surface area (Å²) in [5.74, 6) is -0.673. The van der Waals surface area contributed by atoms with Crippen molar-refractivity contribution >= 4 is 33.5 Å². The van der Waals surface area contributed by atoms with Crippen molar-refractivity contribution in [1.29, 1.82) is 0 Å². The van der Waals surface area contributed by atoms with Gasteiger partial charge in [0.2, 0.25) is 0 Å². The monoisotopic (exact) mass is 434 g/mol. The molecule has 0 fully saturated rings. The molecule has 0 aliphatic heterocycles. The van der Waals surface area contributed by atoms with Crippen LogP contribution in [0.2, 0.25) is 0 Å². The van der Waals surface area contributed by atoms with Crippen molar-refractivity contribution in [1.82, 2.24) is 0 Å². The topological polar surface area (TPSA) is 52.6 Å². The smallest absolute Gasteiger partial charge is 0.339 e. The maximum absolute atomic E-state index is 13.2. The molecule has 3 aromatic carbocycles. The quantitative estimate of drug-likeness (QED) is 0.181. The third-order valence-corrected chi connectivity index (χ3v) is 5.87. The highest BCUT2D eigenvalue weighted by molar-refractivity contribution is 6.24. The summed E-state index contributed by atoms with van der Waals surface area (Å²) >= 11 is 0. The Kier molecular flexibility index (Phi) is 8.66. The largest absolute Gasteiger partial charge is 0.462 e. The zero-order valence-corrected chi connectivity index (χ0v) is 19.5. The Balaban J connectivity index is 2.14. The van der Waals surface area contributed by atoms with E-state index in [1.54, 1.807) is 0 Å². The predicted molar refractivity (Wildman–Crippen MR) is 130 cm³/mol.